The van der Waals surface area contributed by atoms with Crippen LogP contribution in [-0.4, -0.2) is 16.1 Å². The molecular formula is C38H80OSi. The van der Waals surface area contributed by atoms with E-state index in [0.29, 0.717) is 0 Å². The average molecular weight is 581 g/mol. The van der Waals surface area contributed by atoms with Gasteiger partial charge in [-0.25, -0.2) is 0 Å². The van der Waals surface area contributed by atoms with Crippen LogP contribution in [-0.2, 0) is 4.43 Å². The van der Waals surface area contributed by atoms with Gasteiger partial charge < -0.3 is 4.43 Å². The maximum atomic E-state index is 6.53. The Kier molecular flexibility index (Phi) is 33.8. The van der Waals surface area contributed by atoms with E-state index in [-0.39, 0.29) is 5.60 Å². The van der Waals surface area contributed by atoms with Gasteiger partial charge in [0.1, 0.15) is 10.5 Å². The van der Waals surface area contributed by atoms with E-state index in [1.54, 1.807) is 0 Å². The summed E-state index contributed by atoms with van der Waals surface area (Å²) in [5.41, 5.74) is 0.228. The summed E-state index contributed by atoms with van der Waals surface area (Å²) in [6, 6.07) is 0. The van der Waals surface area contributed by atoms with Crippen LogP contribution >= 0.6 is 0 Å². The monoisotopic (exact) mass is 581 g/mol. The SMILES string of the molecule is CCCCCCCCCCCCCC(CCCCCCCCCCCC)(CCCCCCCCCCCC)O[SiH3]. The highest BCUT2D eigenvalue weighted by Crippen LogP contribution is 2.32. The maximum absolute atomic E-state index is 6.53. The summed E-state index contributed by atoms with van der Waals surface area (Å²) in [6.07, 6.45) is 48.6. The van der Waals surface area contributed by atoms with Gasteiger partial charge in [-0.1, -0.05) is 220 Å². The van der Waals surface area contributed by atoms with Gasteiger partial charge in [0.15, 0.2) is 0 Å². The van der Waals surface area contributed by atoms with Crippen LogP contribution in [0.5, 0.6) is 0 Å². The van der Waals surface area contributed by atoms with Gasteiger partial charge in [-0.3, -0.25) is 0 Å². The zero-order chi connectivity index (χ0) is 29.2. The second-order valence-electron chi connectivity index (χ2n) is 13.5. The molecule has 0 aliphatic rings. The van der Waals surface area contributed by atoms with Crippen LogP contribution in [0.2, 0.25) is 0 Å². The fourth-order valence-electron chi connectivity index (χ4n) is 6.66. The van der Waals surface area contributed by atoms with Crippen molar-refractivity contribution in [1.29, 1.82) is 0 Å². The maximum Gasteiger partial charge on any atom is 0.146 e. The first-order valence-electron chi connectivity index (χ1n) is 19.3. The number of hydrogen-bond donors (Lipinski definition) is 0. The van der Waals surface area contributed by atoms with Crippen LogP contribution in [0.4, 0.5) is 0 Å². The van der Waals surface area contributed by atoms with Gasteiger partial charge in [-0.2, -0.15) is 0 Å². The van der Waals surface area contributed by atoms with Gasteiger partial charge >= 0.3 is 0 Å². The molecule has 0 atom stereocenters. The summed E-state index contributed by atoms with van der Waals surface area (Å²) in [6.45, 7) is 6.95. The molecule has 0 aromatic rings. The predicted molar refractivity (Wildman–Crippen MR) is 188 cm³/mol. The highest BCUT2D eigenvalue weighted by Gasteiger charge is 2.27. The quantitative estimate of drug-likeness (QED) is 0.0535. The topological polar surface area (TPSA) is 9.23 Å². The molecule has 0 unspecified atom stereocenters. The summed E-state index contributed by atoms with van der Waals surface area (Å²) in [4.78, 5) is 0. The minimum Gasteiger partial charge on any atom is -0.422 e. The highest BCUT2D eigenvalue weighted by atomic mass is 28.2. The lowest BCUT2D eigenvalue weighted by molar-refractivity contribution is 0.0422. The first kappa shape index (κ1) is 40.2. The summed E-state index contributed by atoms with van der Waals surface area (Å²) in [5, 5.41) is 0. The Labute approximate surface area is 259 Å². The molecule has 0 N–H and O–H groups in total. The van der Waals surface area contributed by atoms with Crippen LogP contribution in [0, 0.1) is 0 Å². The zero-order valence-corrected chi connectivity index (χ0v) is 30.9. The fourth-order valence-corrected chi connectivity index (χ4v) is 7.27. The van der Waals surface area contributed by atoms with E-state index in [4.69, 9.17) is 4.43 Å². The zero-order valence-electron chi connectivity index (χ0n) is 28.9. The Hall–Kier alpha value is 0.177. The standard InChI is InChI=1S/C38H80OSi/c1-4-7-10-13-16-19-22-25-28-31-34-37-38(39-40,35-32-29-26-23-20-17-14-11-8-5-2)36-33-30-27-24-21-18-15-12-9-6-3/h4-37H2,1-3,40H3. The molecule has 0 aliphatic carbocycles. The van der Waals surface area contributed by atoms with E-state index in [9.17, 15) is 0 Å². The molecule has 1 nitrogen and oxygen atoms in total. The Morgan fingerprint density at radius 2 is 0.475 bits per heavy atom. The molecule has 0 heterocycles. The van der Waals surface area contributed by atoms with Gasteiger partial charge in [-0.15, -0.1) is 0 Å². The second kappa shape index (κ2) is 33.7. The molecule has 0 bridgehead atoms. The van der Waals surface area contributed by atoms with Crippen LogP contribution in [0.1, 0.15) is 239 Å². The molecule has 40 heavy (non-hydrogen) atoms. The van der Waals surface area contributed by atoms with Crippen molar-refractivity contribution in [2.24, 2.45) is 0 Å². The first-order valence-corrected chi connectivity index (χ1v) is 20.1. The lowest BCUT2D eigenvalue weighted by Gasteiger charge is -2.34. The van der Waals surface area contributed by atoms with Crippen LogP contribution in [0.15, 0.2) is 0 Å². The van der Waals surface area contributed by atoms with E-state index in [1.165, 1.54) is 218 Å². The Balaban J connectivity index is 4.21. The Morgan fingerprint density at radius 1 is 0.300 bits per heavy atom. The third kappa shape index (κ3) is 28.3. The average Bonchev–Trinajstić information content (AvgIpc) is 2.97. The third-order valence-electron chi connectivity index (χ3n) is 9.64. The van der Waals surface area contributed by atoms with E-state index < -0.39 is 0 Å². The van der Waals surface area contributed by atoms with Crippen molar-refractivity contribution in [3.63, 3.8) is 0 Å². The fraction of sp³-hybridized carbons (Fsp3) is 1.00. The van der Waals surface area contributed by atoms with Crippen molar-refractivity contribution in [3.05, 3.63) is 0 Å². The molecule has 0 fully saturated rings. The van der Waals surface area contributed by atoms with E-state index in [1.807, 2.05) is 0 Å². The molecule has 242 valence electrons. The predicted octanol–water partition coefficient (Wildman–Crippen LogP) is 13.3. The van der Waals surface area contributed by atoms with Crippen molar-refractivity contribution < 1.29 is 4.43 Å². The lowest BCUT2D eigenvalue weighted by Crippen LogP contribution is -2.32. The van der Waals surface area contributed by atoms with Crippen molar-refractivity contribution in [3.8, 4) is 0 Å². The van der Waals surface area contributed by atoms with Crippen LogP contribution in [0.3, 0.4) is 0 Å². The van der Waals surface area contributed by atoms with E-state index in [2.05, 4.69) is 20.8 Å². The molecule has 0 saturated heterocycles. The molecule has 0 aromatic heterocycles. The number of hydrogen-bond acceptors (Lipinski definition) is 1. The molecule has 0 amide bonds. The van der Waals surface area contributed by atoms with Crippen molar-refractivity contribution in [1.82, 2.24) is 0 Å². The molecule has 0 aromatic carbocycles. The van der Waals surface area contributed by atoms with E-state index >= 15 is 0 Å². The Bertz CT molecular complexity index is 427. The minimum atomic E-state index is 0.228. The summed E-state index contributed by atoms with van der Waals surface area (Å²) in [7, 11) is 0.909. The van der Waals surface area contributed by atoms with Gasteiger partial charge in [0.2, 0.25) is 0 Å². The van der Waals surface area contributed by atoms with Crippen LogP contribution in [0.25, 0.3) is 0 Å². The Morgan fingerprint density at radius 3 is 0.650 bits per heavy atom. The smallest absolute Gasteiger partial charge is 0.146 e. The minimum absolute atomic E-state index is 0.228. The van der Waals surface area contributed by atoms with E-state index in [0.717, 1.165) is 10.5 Å². The summed E-state index contributed by atoms with van der Waals surface area (Å²) < 4.78 is 6.53. The third-order valence-corrected chi connectivity index (χ3v) is 10.5. The first-order chi connectivity index (χ1) is 19.7. The molecule has 0 radical (unpaired) electrons. The van der Waals surface area contributed by atoms with Crippen molar-refractivity contribution in [2.45, 2.75) is 245 Å². The van der Waals surface area contributed by atoms with Crippen molar-refractivity contribution in [2.75, 3.05) is 0 Å². The largest absolute Gasteiger partial charge is 0.422 e. The lowest BCUT2D eigenvalue weighted by atomic mass is 9.85. The molecule has 2 heteroatoms. The van der Waals surface area contributed by atoms with Gasteiger partial charge in [-0.05, 0) is 19.3 Å². The van der Waals surface area contributed by atoms with Crippen molar-refractivity contribution >= 4 is 10.5 Å². The molecule has 0 rings (SSSR count). The molecule has 0 aliphatic heterocycles. The van der Waals surface area contributed by atoms with Gasteiger partial charge in [0.05, 0.1) is 5.60 Å². The molecular weight excluding hydrogens is 501 g/mol. The summed E-state index contributed by atoms with van der Waals surface area (Å²) >= 11 is 0. The van der Waals surface area contributed by atoms with Gasteiger partial charge in [0.25, 0.3) is 0 Å². The van der Waals surface area contributed by atoms with Crippen LogP contribution < -0.4 is 0 Å². The molecule has 0 spiro atoms. The normalized spacial score (nSPS) is 12.1. The highest BCUT2D eigenvalue weighted by molar-refractivity contribution is 5.98. The second-order valence-corrected chi connectivity index (χ2v) is 13.9. The summed E-state index contributed by atoms with van der Waals surface area (Å²) in [5.74, 6) is 0. The molecule has 0 saturated carbocycles. The number of rotatable bonds is 35. The number of unbranched alkanes of at least 4 members (excludes halogenated alkanes) is 28. The van der Waals surface area contributed by atoms with Gasteiger partial charge in [0, 0.05) is 0 Å².